The second-order valence-corrected chi connectivity index (χ2v) is 6.63. The summed E-state index contributed by atoms with van der Waals surface area (Å²) >= 11 is 0. The van der Waals surface area contributed by atoms with Gasteiger partial charge in [-0.05, 0) is 50.4 Å². The van der Waals surface area contributed by atoms with Gasteiger partial charge in [0, 0.05) is 18.7 Å². The molecular weight excluding hydrogens is 222 g/mol. The highest BCUT2D eigenvalue weighted by molar-refractivity contribution is 4.85. The van der Waals surface area contributed by atoms with Crippen molar-refractivity contribution in [3.05, 3.63) is 0 Å². The quantitative estimate of drug-likeness (QED) is 0.824. The molecule has 106 valence electrons. The Hall–Kier alpha value is -0.0800. The van der Waals surface area contributed by atoms with Gasteiger partial charge in [-0.1, -0.05) is 27.2 Å². The van der Waals surface area contributed by atoms with E-state index in [1.165, 1.54) is 44.9 Å². The lowest BCUT2D eigenvalue weighted by atomic mass is 9.78. The fraction of sp³-hybridized carbons (Fsp3) is 1.00. The predicted molar refractivity (Wildman–Crippen MR) is 76.8 cm³/mol. The predicted octanol–water partition coefficient (Wildman–Crippen LogP) is 3.75. The summed E-state index contributed by atoms with van der Waals surface area (Å²) in [5, 5.41) is 3.92. The molecular formula is C16H31NO. The van der Waals surface area contributed by atoms with E-state index in [0.29, 0.717) is 12.1 Å². The average Bonchev–Trinajstić information content (AvgIpc) is 2.35. The Morgan fingerprint density at radius 1 is 1.00 bits per heavy atom. The lowest BCUT2D eigenvalue weighted by molar-refractivity contribution is -0.00669. The molecule has 1 aliphatic carbocycles. The van der Waals surface area contributed by atoms with Gasteiger partial charge in [0.2, 0.25) is 0 Å². The molecule has 5 atom stereocenters. The molecule has 18 heavy (non-hydrogen) atoms. The van der Waals surface area contributed by atoms with Crippen LogP contribution >= 0.6 is 0 Å². The van der Waals surface area contributed by atoms with Crippen molar-refractivity contribution in [1.29, 1.82) is 0 Å². The minimum atomic E-state index is 0.515. The van der Waals surface area contributed by atoms with Crippen LogP contribution in [0.5, 0.6) is 0 Å². The highest BCUT2D eigenvalue weighted by Crippen LogP contribution is 2.30. The minimum absolute atomic E-state index is 0.515. The standard InChI is InChI=1S/C16H31NO/c1-4-5-16-11-15(8-9-18-16)17-14-7-6-12(2)13(3)10-14/h12-17H,4-11H2,1-3H3. The molecule has 1 N–H and O–H groups in total. The molecule has 1 saturated heterocycles. The minimum Gasteiger partial charge on any atom is -0.378 e. The van der Waals surface area contributed by atoms with Crippen molar-refractivity contribution >= 4 is 0 Å². The van der Waals surface area contributed by atoms with Crippen LogP contribution in [0.1, 0.15) is 65.7 Å². The Bertz CT molecular complexity index is 241. The van der Waals surface area contributed by atoms with E-state index in [9.17, 15) is 0 Å². The zero-order valence-corrected chi connectivity index (χ0v) is 12.5. The third-order valence-corrected chi connectivity index (χ3v) is 5.05. The van der Waals surface area contributed by atoms with E-state index in [1.54, 1.807) is 0 Å². The van der Waals surface area contributed by atoms with E-state index in [4.69, 9.17) is 4.74 Å². The van der Waals surface area contributed by atoms with Gasteiger partial charge in [0.05, 0.1) is 6.10 Å². The fourth-order valence-electron chi connectivity index (χ4n) is 3.59. The molecule has 2 heteroatoms. The first-order chi connectivity index (χ1) is 8.69. The molecule has 0 amide bonds. The summed E-state index contributed by atoms with van der Waals surface area (Å²) in [4.78, 5) is 0. The van der Waals surface area contributed by atoms with Gasteiger partial charge < -0.3 is 10.1 Å². The summed E-state index contributed by atoms with van der Waals surface area (Å²) in [5.74, 6) is 1.81. The van der Waals surface area contributed by atoms with Crippen LogP contribution in [0.4, 0.5) is 0 Å². The zero-order valence-electron chi connectivity index (χ0n) is 12.5. The van der Waals surface area contributed by atoms with Crippen LogP contribution in [-0.2, 0) is 4.74 Å². The number of ether oxygens (including phenoxy) is 1. The van der Waals surface area contributed by atoms with Gasteiger partial charge in [0.25, 0.3) is 0 Å². The summed E-state index contributed by atoms with van der Waals surface area (Å²) in [7, 11) is 0. The van der Waals surface area contributed by atoms with Crippen molar-refractivity contribution in [3.8, 4) is 0 Å². The third kappa shape index (κ3) is 3.96. The largest absolute Gasteiger partial charge is 0.378 e. The summed E-state index contributed by atoms with van der Waals surface area (Å²) in [5.41, 5.74) is 0. The third-order valence-electron chi connectivity index (χ3n) is 5.05. The Morgan fingerprint density at radius 3 is 2.50 bits per heavy atom. The molecule has 1 heterocycles. The Balaban J connectivity index is 1.75. The first kappa shape index (κ1) is 14.3. The van der Waals surface area contributed by atoms with Gasteiger partial charge >= 0.3 is 0 Å². The Labute approximate surface area is 113 Å². The molecule has 0 aromatic heterocycles. The summed E-state index contributed by atoms with van der Waals surface area (Å²) < 4.78 is 5.84. The lowest BCUT2D eigenvalue weighted by Crippen LogP contribution is -2.46. The van der Waals surface area contributed by atoms with E-state index >= 15 is 0 Å². The molecule has 0 radical (unpaired) electrons. The lowest BCUT2D eigenvalue weighted by Gasteiger charge is -2.37. The summed E-state index contributed by atoms with van der Waals surface area (Å²) in [6, 6.07) is 1.47. The van der Waals surface area contributed by atoms with Gasteiger partial charge in [-0.15, -0.1) is 0 Å². The molecule has 0 bridgehead atoms. The van der Waals surface area contributed by atoms with E-state index in [0.717, 1.165) is 24.5 Å². The Kier molecular flexibility index (Phi) is 5.50. The van der Waals surface area contributed by atoms with Gasteiger partial charge in [-0.2, -0.15) is 0 Å². The SMILES string of the molecule is CCCC1CC(NC2CCC(C)C(C)C2)CCO1. The summed E-state index contributed by atoms with van der Waals surface area (Å²) in [6.45, 7) is 8.04. The molecule has 2 aliphatic rings. The average molecular weight is 253 g/mol. The first-order valence-electron chi connectivity index (χ1n) is 8.06. The van der Waals surface area contributed by atoms with Crippen LogP contribution in [0.25, 0.3) is 0 Å². The topological polar surface area (TPSA) is 21.3 Å². The second kappa shape index (κ2) is 6.91. The first-order valence-corrected chi connectivity index (χ1v) is 8.06. The number of nitrogens with one attached hydrogen (secondary N) is 1. The van der Waals surface area contributed by atoms with Crippen molar-refractivity contribution in [1.82, 2.24) is 5.32 Å². The maximum Gasteiger partial charge on any atom is 0.0589 e. The summed E-state index contributed by atoms with van der Waals surface area (Å²) in [6.07, 6.45) is 9.58. The number of rotatable bonds is 4. The molecule has 0 spiro atoms. The second-order valence-electron chi connectivity index (χ2n) is 6.63. The molecule has 1 aliphatic heterocycles. The molecule has 2 fully saturated rings. The van der Waals surface area contributed by atoms with Crippen molar-refractivity contribution in [3.63, 3.8) is 0 Å². The smallest absolute Gasteiger partial charge is 0.0589 e. The molecule has 5 unspecified atom stereocenters. The van der Waals surface area contributed by atoms with Crippen LogP contribution in [0.3, 0.4) is 0 Å². The number of hydrogen-bond acceptors (Lipinski definition) is 2. The van der Waals surface area contributed by atoms with E-state index in [-0.39, 0.29) is 0 Å². The van der Waals surface area contributed by atoms with E-state index < -0.39 is 0 Å². The van der Waals surface area contributed by atoms with Gasteiger partial charge in [-0.3, -0.25) is 0 Å². The fourth-order valence-corrected chi connectivity index (χ4v) is 3.59. The van der Waals surface area contributed by atoms with Crippen LogP contribution in [-0.4, -0.2) is 24.8 Å². The molecule has 0 aromatic rings. The molecule has 2 rings (SSSR count). The maximum atomic E-state index is 5.84. The van der Waals surface area contributed by atoms with Crippen LogP contribution in [0, 0.1) is 11.8 Å². The molecule has 1 saturated carbocycles. The van der Waals surface area contributed by atoms with Gasteiger partial charge in [-0.25, -0.2) is 0 Å². The molecule has 0 aromatic carbocycles. The highest BCUT2D eigenvalue weighted by atomic mass is 16.5. The van der Waals surface area contributed by atoms with Crippen LogP contribution in [0.15, 0.2) is 0 Å². The van der Waals surface area contributed by atoms with Crippen LogP contribution < -0.4 is 5.32 Å². The van der Waals surface area contributed by atoms with Crippen molar-refractivity contribution in [2.45, 2.75) is 83.9 Å². The van der Waals surface area contributed by atoms with E-state index in [2.05, 4.69) is 26.1 Å². The highest BCUT2D eigenvalue weighted by Gasteiger charge is 2.28. The van der Waals surface area contributed by atoms with Gasteiger partial charge in [0.1, 0.15) is 0 Å². The normalized spacial score (nSPS) is 41.8. The van der Waals surface area contributed by atoms with Crippen molar-refractivity contribution in [2.75, 3.05) is 6.61 Å². The monoisotopic (exact) mass is 253 g/mol. The van der Waals surface area contributed by atoms with E-state index in [1.807, 2.05) is 0 Å². The Morgan fingerprint density at radius 2 is 1.78 bits per heavy atom. The van der Waals surface area contributed by atoms with Crippen molar-refractivity contribution in [2.24, 2.45) is 11.8 Å². The maximum absolute atomic E-state index is 5.84. The van der Waals surface area contributed by atoms with Gasteiger partial charge in [0.15, 0.2) is 0 Å². The zero-order chi connectivity index (χ0) is 13.0. The molecule has 2 nitrogen and oxygen atoms in total. The number of hydrogen-bond donors (Lipinski definition) is 1. The van der Waals surface area contributed by atoms with Crippen molar-refractivity contribution < 1.29 is 4.74 Å². The van der Waals surface area contributed by atoms with Crippen LogP contribution in [0.2, 0.25) is 0 Å².